The molecule has 1 aliphatic carbocycles. The highest BCUT2D eigenvalue weighted by Gasteiger charge is 2.20. The number of fused-ring (bicyclic) bond motifs is 1. The molecule has 3 rings (SSSR count). The minimum atomic E-state index is 0.146. The van der Waals surface area contributed by atoms with Crippen molar-refractivity contribution in [2.24, 2.45) is 0 Å². The van der Waals surface area contributed by atoms with Crippen molar-refractivity contribution in [2.45, 2.75) is 19.3 Å². The molecule has 0 atom stereocenters. The summed E-state index contributed by atoms with van der Waals surface area (Å²) in [6.45, 7) is 0. The number of aryl methyl sites for hydroxylation is 1. The zero-order chi connectivity index (χ0) is 12.7. The Hall–Kier alpha value is -0.780. The molecule has 2 aromatic heterocycles. The Kier molecular flexibility index (Phi) is 3.21. The normalized spacial score (nSPS) is 14.7. The van der Waals surface area contributed by atoms with Crippen LogP contribution in [0.4, 0.5) is 0 Å². The maximum Gasteiger partial charge on any atom is 0.169 e. The molecule has 0 radical (unpaired) electrons. The molecular weight excluding hydrogens is 336 g/mol. The van der Waals surface area contributed by atoms with E-state index in [1.807, 2.05) is 6.07 Å². The van der Waals surface area contributed by atoms with Crippen molar-refractivity contribution >= 4 is 44.7 Å². The molecule has 0 unspecified atom stereocenters. The van der Waals surface area contributed by atoms with Crippen LogP contribution >= 0.6 is 38.9 Å². The van der Waals surface area contributed by atoms with Gasteiger partial charge in [-0.15, -0.1) is 11.3 Å². The lowest BCUT2D eigenvalue weighted by molar-refractivity contribution is 0.0971. The van der Waals surface area contributed by atoms with Crippen LogP contribution in [0, 0.1) is 0 Å². The summed E-state index contributed by atoms with van der Waals surface area (Å²) in [6, 6.07) is 1.90. The first-order valence-corrected chi connectivity index (χ1v) is 7.48. The Morgan fingerprint density at radius 3 is 2.94 bits per heavy atom. The molecule has 2 heterocycles. The van der Waals surface area contributed by atoms with Crippen molar-refractivity contribution in [2.75, 3.05) is 0 Å². The molecule has 0 aromatic carbocycles. The second kappa shape index (κ2) is 4.72. The molecule has 0 N–H and O–H groups in total. The summed E-state index contributed by atoms with van der Waals surface area (Å²) in [5, 5.41) is 0. The van der Waals surface area contributed by atoms with Crippen LogP contribution in [0.3, 0.4) is 0 Å². The first kappa shape index (κ1) is 12.3. The molecule has 0 amide bonds. The average Bonchev–Trinajstić information content (AvgIpc) is 2.70. The largest absolute Gasteiger partial charge is 0.294 e. The van der Waals surface area contributed by atoms with Gasteiger partial charge in [0.2, 0.25) is 0 Å². The SMILES string of the molecule is O=C1CCCc2nc(-c3cc(Br)c(Cl)s3)ncc21. The lowest BCUT2D eigenvalue weighted by Gasteiger charge is -2.13. The van der Waals surface area contributed by atoms with Crippen LogP contribution < -0.4 is 0 Å². The van der Waals surface area contributed by atoms with Crippen molar-refractivity contribution < 1.29 is 4.79 Å². The van der Waals surface area contributed by atoms with Gasteiger partial charge in [0, 0.05) is 17.1 Å². The Balaban J connectivity index is 2.07. The summed E-state index contributed by atoms with van der Waals surface area (Å²) < 4.78 is 1.53. The standard InChI is InChI=1S/C12H8BrClN2OS/c13-7-4-10(18-11(7)14)12-15-5-6-8(16-12)2-1-3-9(6)17/h4-5H,1-3H2. The molecule has 0 aliphatic heterocycles. The quantitative estimate of drug-likeness (QED) is 0.781. The third-order valence-electron chi connectivity index (χ3n) is 2.85. The second-order valence-electron chi connectivity index (χ2n) is 4.06. The van der Waals surface area contributed by atoms with E-state index in [4.69, 9.17) is 11.6 Å². The molecule has 0 saturated carbocycles. The molecule has 92 valence electrons. The first-order chi connectivity index (χ1) is 8.65. The summed E-state index contributed by atoms with van der Waals surface area (Å²) in [5.74, 6) is 0.786. The summed E-state index contributed by atoms with van der Waals surface area (Å²) >= 11 is 10.8. The van der Waals surface area contributed by atoms with E-state index in [-0.39, 0.29) is 5.78 Å². The fraction of sp³-hybridized carbons (Fsp3) is 0.250. The molecule has 3 nitrogen and oxygen atoms in total. The minimum Gasteiger partial charge on any atom is -0.294 e. The van der Waals surface area contributed by atoms with E-state index < -0.39 is 0 Å². The van der Waals surface area contributed by atoms with E-state index in [2.05, 4.69) is 25.9 Å². The van der Waals surface area contributed by atoms with Crippen LogP contribution in [-0.2, 0) is 6.42 Å². The lowest BCUT2D eigenvalue weighted by atomic mass is 9.96. The molecule has 6 heteroatoms. The fourth-order valence-electron chi connectivity index (χ4n) is 1.97. The van der Waals surface area contributed by atoms with Crippen molar-refractivity contribution in [3.8, 4) is 10.7 Å². The summed E-state index contributed by atoms with van der Waals surface area (Å²) in [5.41, 5.74) is 1.53. The van der Waals surface area contributed by atoms with Gasteiger partial charge in [-0.05, 0) is 34.8 Å². The highest BCUT2D eigenvalue weighted by atomic mass is 79.9. The molecule has 2 aromatic rings. The predicted molar refractivity (Wildman–Crippen MR) is 75.3 cm³/mol. The molecule has 0 bridgehead atoms. The zero-order valence-corrected chi connectivity index (χ0v) is 12.4. The third kappa shape index (κ3) is 2.11. The van der Waals surface area contributed by atoms with Gasteiger partial charge < -0.3 is 0 Å². The number of hydrogen-bond donors (Lipinski definition) is 0. The van der Waals surface area contributed by atoms with Crippen LogP contribution in [0.2, 0.25) is 4.34 Å². The highest BCUT2D eigenvalue weighted by Crippen LogP contribution is 2.37. The highest BCUT2D eigenvalue weighted by molar-refractivity contribution is 9.10. The molecule has 18 heavy (non-hydrogen) atoms. The monoisotopic (exact) mass is 342 g/mol. The Labute approximate surface area is 121 Å². The van der Waals surface area contributed by atoms with Crippen LogP contribution in [0.1, 0.15) is 28.9 Å². The van der Waals surface area contributed by atoms with E-state index in [1.54, 1.807) is 6.20 Å². The van der Waals surface area contributed by atoms with Gasteiger partial charge in [-0.3, -0.25) is 4.79 Å². The van der Waals surface area contributed by atoms with Gasteiger partial charge in [0.1, 0.15) is 4.34 Å². The summed E-state index contributed by atoms with van der Waals surface area (Å²) in [7, 11) is 0. The van der Waals surface area contributed by atoms with Crippen LogP contribution in [0.25, 0.3) is 10.7 Å². The summed E-state index contributed by atoms with van der Waals surface area (Å²) in [6.07, 6.45) is 3.96. The zero-order valence-electron chi connectivity index (χ0n) is 9.24. The average molecular weight is 344 g/mol. The number of nitrogens with zero attached hydrogens (tertiary/aromatic N) is 2. The van der Waals surface area contributed by atoms with Crippen molar-refractivity contribution in [1.82, 2.24) is 9.97 Å². The third-order valence-corrected chi connectivity index (χ3v) is 5.32. The predicted octanol–water partition coefficient (Wildman–Crippen LogP) is 4.14. The minimum absolute atomic E-state index is 0.146. The summed E-state index contributed by atoms with van der Waals surface area (Å²) in [4.78, 5) is 21.3. The topological polar surface area (TPSA) is 42.9 Å². The fourth-order valence-corrected chi connectivity index (χ4v) is 3.61. The second-order valence-corrected chi connectivity index (χ2v) is 6.57. The van der Waals surface area contributed by atoms with Crippen molar-refractivity contribution in [3.63, 3.8) is 0 Å². The van der Waals surface area contributed by atoms with E-state index in [9.17, 15) is 4.79 Å². The number of Topliss-reactive ketones (excluding diaryl/α,β-unsaturated/α-hetero) is 1. The Bertz CT molecular complexity index is 622. The number of carbonyl (C=O) groups excluding carboxylic acids is 1. The number of hydrogen-bond acceptors (Lipinski definition) is 4. The van der Waals surface area contributed by atoms with Crippen LogP contribution in [0.5, 0.6) is 0 Å². The molecule has 0 saturated heterocycles. The Morgan fingerprint density at radius 1 is 1.39 bits per heavy atom. The number of carbonyl (C=O) groups is 1. The van der Waals surface area contributed by atoms with Gasteiger partial charge in [-0.25, -0.2) is 9.97 Å². The van der Waals surface area contributed by atoms with Gasteiger partial charge in [0.15, 0.2) is 11.6 Å². The molecule has 0 fully saturated rings. The molecular formula is C12H8BrClN2OS. The number of aromatic nitrogens is 2. The van der Waals surface area contributed by atoms with E-state index >= 15 is 0 Å². The van der Waals surface area contributed by atoms with Crippen molar-refractivity contribution in [1.29, 1.82) is 0 Å². The van der Waals surface area contributed by atoms with Gasteiger partial charge in [0.05, 0.1) is 16.1 Å². The number of ketones is 1. The smallest absolute Gasteiger partial charge is 0.169 e. The van der Waals surface area contributed by atoms with Gasteiger partial charge >= 0.3 is 0 Å². The lowest BCUT2D eigenvalue weighted by Crippen LogP contribution is -2.13. The Morgan fingerprint density at radius 2 is 2.22 bits per heavy atom. The first-order valence-electron chi connectivity index (χ1n) is 5.49. The molecule has 1 aliphatic rings. The van der Waals surface area contributed by atoms with Crippen LogP contribution in [-0.4, -0.2) is 15.8 Å². The van der Waals surface area contributed by atoms with Gasteiger partial charge in [-0.1, -0.05) is 11.6 Å². The maximum atomic E-state index is 11.7. The number of thiophene rings is 1. The van der Waals surface area contributed by atoms with Crippen molar-refractivity contribution in [3.05, 3.63) is 32.3 Å². The van der Waals surface area contributed by atoms with E-state index in [0.717, 1.165) is 27.9 Å². The van der Waals surface area contributed by atoms with Gasteiger partial charge in [-0.2, -0.15) is 0 Å². The number of rotatable bonds is 1. The maximum absolute atomic E-state index is 11.7. The van der Waals surface area contributed by atoms with Gasteiger partial charge in [0.25, 0.3) is 0 Å². The molecule has 0 spiro atoms. The van der Waals surface area contributed by atoms with Crippen LogP contribution in [0.15, 0.2) is 16.7 Å². The number of halogens is 2. The van der Waals surface area contributed by atoms with E-state index in [1.165, 1.54) is 11.3 Å². The van der Waals surface area contributed by atoms with E-state index in [0.29, 0.717) is 22.1 Å².